The first kappa shape index (κ1) is 16.6. The first-order valence-electron chi connectivity index (χ1n) is 8.90. The van der Waals surface area contributed by atoms with Gasteiger partial charge in [-0.05, 0) is 36.1 Å². The number of hydrogen-bond acceptors (Lipinski definition) is 4. The second-order valence-corrected chi connectivity index (χ2v) is 7.81. The lowest BCUT2D eigenvalue weighted by atomic mass is 10.0. The Labute approximate surface area is 153 Å². The third kappa shape index (κ3) is 3.72. The molecule has 0 saturated carbocycles. The molecule has 4 rings (SSSR count). The lowest BCUT2D eigenvalue weighted by Gasteiger charge is -2.39. The molecule has 2 saturated heterocycles. The van der Waals surface area contributed by atoms with Crippen molar-refractivity contribution in [2.75, 3.05) is 18.8 Å². The Morgan fingerprint density at radius 2 is 1.76 bits per heavy atom. The molecule has 0 radical (unpaired) electrons. The number of thioether (sulfide) groups is 1. The van der Waals surface area contributed by atoms with Gasteiger partial charge < -0.3 is 4.90 Å². The molecule has 2 aromatic rings. The van der Waals surface area contributed by atoms with Gasteiger partial charge in [-0.15, -0.1) is 11.8 Å². The van der Waals surface area contributed by atoms with E-state index in [1.54, 1.807) is 11.8 Å². The maximum absolute atomic E-state index is 12.5. The molecule has 2 aliphatic heterocycles. The Morgan fingerprint density at radius 3 is 2.48 bits per heavy atom. The van der Waals surface area contributed by atoms with Crippen molar-refractivity contribution in [3.05, 3.63) is 66.0 Å². The van der Waals surface area contributed by atoms with Crippen LogP contribution in [0.5, 0.6) is 0 Å². The van der Waals surface area contributed by atoms with Gasteiger partial charge in [-0.2, -0.15) is 0 Å². The van der Waals surface area contributed by atoms with E-state index in [1.165, 1.54) is 11.1 Å². The zero-order chi connectivity index (χ0) is 17.1. The van der Waals surface area contributed by atoms with E-state index in [0.29, 0.717) is 11.8 Å². The van der Waals surface area contributed by atoms with Crippen LogP contribution < -0.4 is 0 Å². The summed E-state index contributed by atoms with van der Waals surface area (Å²) in [5.41, 5.74) is 2.56. The molecule has 0 spiro atoms. The van der Waals surface area contributed by atoms with Crippen molar-refractivity contribution in [2.24, 2.45) is 0 Å². The Morgan fingerprint density at radius 1 is 1.04 bits per heavy atom. The third-order valence-corrected chi connectivity index (χ3v) is 6.32. The van der Waals surface area contributed by atoms with Gasteiger partial charge in [0.15, 0.2) is 0 Å². The minimum atomic E-state index is 0.154. The average Bonchev–Trinajstić information content (AvgIpc) is 3.05. The number of amides is 1. The predicted octanol–water partition coefficient (Wildman–Crippen LogP) is 3.32. The molecule has 1 unspecified atom stereocenters. The Bertz CT molecular complexity index is 701. The predicted molar refractivity (Wildman–Crippen MR) is 101 cm³/mol. The number of likely N-dealkylation sites (tertiary alicyclic amines) is 1. The average molecular weight is 353 g/mol. The Balaban J connectivity index is 1.40. The van der Waals surface area contributed by atoms with E-state index in [-0.39, 0.29) is 11.3 Å². The van der Waals surface area contributed by atoms with Crippen LogP contribution in [0.25, 0.3) is 0 Å². The topological polar surface area (TPSA) is 36.4 Å². The normalized spacial score (nSPS) is 22.5. The summed E-state index contributed by atoms with van der Waals surface area (Å²) in [6.45, 7) is 3.11. The van der Waals surface area contributed by atoms with Crippen LogP contribution in [0.3, 0.4) is 0 Å². The van der Waals surface area contributed by atoms with Gasteiger partial charge >= 0.3 is 0 Å². The van der Waals surface area contributed by atoms with E-state index < -0.39 is 0 Å². The van der Waals surface area contributed by atoms with E-state index in [2.05, 4.69) is 45.1 Å². The minimum Gasteiger partial charge on any atom is -0.323 e. The molecule has 1 aromatic heterocycles. The van der Waals surface area contributed by atoms with Crippen LogP contribution in [-0.2, 0) is 11.3 Å². The Hall–Kier alpha value is -1.85. The number of aromatic nitrogens is 1. The van der Waals surface area contributed by atoms with E-state index in [1.807, 2.05) is 24.5 Å². The van der Waals surface area contributed by atoms with Gasteiger partial charge in [-0.3, -0.25) is 14.7 Å². The summed E-state index contributed by atoms with van der Waals surface area (Å²) in [6, 6.07) is 15.1. The van der Waals surface area contributed by atoms with Gasteiger partial charge in [0.25, 0.3) is 0 Å². The summed E-state index contributed by atoms with van der Waals surface area (Å²) in [4.78, 5) is 21.2. The second-order valence-electron chi connectivity index (χ2n) is 6.74. The van der Waals surface area contributed by atoms with Crippen molar-refractivity contribution in [1.29, 1.82) is 0 Å². The zero-order valence-electron chi connectivity index (χ0n) is 14.3. The number of carbonyl (C=O) groups is 1. The lowest BCUT2D eigenvalue weighted by molar-refractivity contribution is -0.131. The van der Waals surface area contributed by atoms with Crippen LogP contribution in [0.1, 0.15) is 29.3 Å². The SMILES string of the molecule is O=C1CSC(c2ccncc2)N1C1CCN(Cc2ccccc2)CC1. The van der Waals surface area contributed by atoms with E-state index in [9.17, 15) is 4.79 Å². The smallest absolute Gasteiger partial charge is 0.234 e. The number of rotatable bonds is 4. The molecule has 2 aliphatic rings. The number of piperidine rings is 1. The highest BCUT2D eigenvalue weighted by Gasteiger charge is 2.38. The van der Waals surface area contributed by atoms with Crippen molar-refractivity contribution >= 4 is 17.7 Å². The molecule has 0 N–H and O–H groups in total. The van der Waals surface area contributed by atoms with E-state index in [0.717, 1.165) is 32.5 Å². The maximum Gasteiger partial charge on any atom is 0.234 e. The molecule has 4 nitrogen and oxygen atoms in total. The van der Waals surface area contributed by atoms with Crippen molar-refractivity contribution in [3.63, 3.8) is 0 Å². The van der Waals surface area contributed by atoms with Gasteiger partial charge in [0.2, 0.25) is 5.91 Å². The van der Waals surface area contributed by atoms with E-state index in [4.69, 9.17) is 0 Å². The summed E-state index contributed by atoms with van der Waals surface area (Å²) < 4.78 is 0. The van der Waals surface area contributed by atoms with Crippen molar-refractivity contribution in [2.45, 2.75) is 30.8 Å². The van der Waals surface area contributed by atoms with Crippen LogP contribution in [0.4, 0.5) is 0 Å². The summed E-state index contributed by atoms with van der Waals surface area (Å²) in [5, 5.41) is 0.154. The van der Waals surface area contributed by atoms with Gasteiger partial charge in [0.05, 0.1) is 5.75 Å². The van der Waals surface area contributed by atoms with Crippen LogP contribution in [0.2, 0.25) is 0 Å². The molecule has 3 heterocycles. The zero-order valence-corrected chi connectivity index (χ0v) is 15.1. The van der Waals surface area contributed by atoms with Crippen LogP contribution in [0, 0.1) is 0 Å². The van der Waals surface area contributed by atoms with Gasteiger partial charge in [0.1, 0.15) is 5.37 Å². The monoisotopic (exact) mass is 353 g/mol. The molecule has 5 heteroatoms. The minimum absolute atomic E-state index is 0.154. The van der Waals surface area contributed by atoms with Gasteiger partial charge in [-0.25, -0.2) is 0 Å². The summed E-state index contributed by atoms with van der Waals surface area (Å²) in [6.07, 6.45) is 5.75. The van der Waals surface area contributed by atoms with Crippen molar-refractivity contribution in [3.8, 4) is 0 Å². The molecule has 1 aromatic carbocycles. The van der Waals surface area contributed by atoms with E-state index >= 15 is 0 Å². The summed E-state index contributed by atoms with van der Waals surface area (Å²) in [7, 11) is 0. The molecular weight excluding hydrogens is 330 g/mol. The van der Waals surface area contributed by atoms with Crippen molar-refractivity contribution < 1.29 is 4.79 Å². The molecule has 1 atom stereocenters. The fourth-order valence-electron chi connectivity index (χ4n) is 3.81. The molecule has 0 aliphatic carbocycles. The van der Waals surface area contributed by atoms with Crippen LogP contribution >= 0.6 is 11.8 Å². The molecule has 0 bridgehead atoms. The highest BCUT2D eigenvalue weighted by Crippen LogP contribution is 2.41. The third-order valence-electron chi connectivity index (χ3n) is 5.10. The summed E-state index contributed by atoms with van der Waals surface area (Å²) >= 11 is 1.74. The van der Waals surface area contributed by atoms with Crippen LogP contribution in [0.15, 0.2) is 54.9 Å². The molecule has 1 amide bonds. The molecule has 25 heavy (non-hydrogen) atoms. The fourth-order valence-corrected chi connectivity index (χ4v) is 5.06. The van der Waals surface area contributed by atoms with Crippen molar-refractivity contribution in [1.82, 2.24) is 14.8 Å². The first-order valence-corrected chi connectivity index (χ1v) is 9.95. The van der Waals surface area contributed by atoms with Crippen LogP contribution in [-0.4, -0.2) is 45.6 Å². The molecule has 2 fully saturated rings. The highest BCUT2D eigenvalue weighted by atomic mass is 32.2. The van der Waals surface area contributed by atoms with Gasteiger partial charge in [0, 0.05) is 38.1 Å². The number of hydrogen-bond donors (Lipinski definition) is 0. The largest absolute Gasteiger partial charge is 0.323 e. The maximum atomic E-state index is 12.5. The lowest BCUT2D eigenvalue weighted by Crippen LogP contribution is -2.46. The second kappa shape index (κ2) is 7.58. The number of carbonyl (C=O) groups excluding carboxylic acids is 1. The molecular formula is C20H23N3OS. The Kier molecular flexibility index (Phi) is 5.04. The van der Waals surface area contributed by atoms with Gasteiger partial charge in [-0.1, -0.05) is 30.3 Å². The fraction of sp³-hybridized carbons (Fsp3) is 0.400. The summed E-state index contributed by atoms with van der Waals surface area (Å²) in [5.74, 6) is 0.880. The standard InChI is InChI=1S/C20H23N3OS/c24-19-15-25-20(17-6-10-21-11-7-17)23(19)18-8-12-22(13-9-18)14-16-4-2-1-3-5-16/h1-7,10-11,18,20H,8-9,12-15H2. The quantitative estimate of drug-likeness (QED) is 0.845. The molecule has 130 valence electrons. The number of pyridine rings is 1. The number of benzene rings is 1. The highest BCUT2D eigenvalue weighted by molar-refractivity contribution is 8.00. The first-order chi connectivity index (χ1) is 12.3. The number of nitrogens with zero attached hydrogens (tertiary/aromatic N) is 3.